The van der Waals surface area contributed by atoms with Gasteiger partial charge in [-0.3, -0.25) is 14.3 Å². The molecule has 106 valence electrons. The van der Waals surface area contributed by atoms with Crippen molar-refractivity contribution in [2.75, 3.05) is 0 Å². The highest BCUT2D eigenvalue weighted by molar-refractivity contribution is 5.84. The van der Waals surface area contributed by atoms with Crippen LogP contribution >= 0.6 is 0 Å². The smallest absolute Gasteiger partial charge is 0.310 e. The Kier molecular flexibility index (Phi) is 5.02. The van der Waals surface area contributed by atoms with Crippen molar-refractivity contribution in [2.45, 2.75) is 39.7 Å². The van der Waals surface area contributed by atoms with Crippen molar-refractivity contribution >= 4 is 11.9 Å². The minimum Gasteiger partial charge on any atom is -0.481 e. The maximum atomic E-state index is 11.8. The molecule has 0 saturated carbocycles. The zero-order chi connectivity index (χ0) is 14.5. The molecule has 1 rings (SSSR count). The number of carbonyl (C=O) groups is 2. The average molecular weight is 268 g/mol. The van der Waals surface area contributed by atoms with E-state index in [9.17, 15) is 14.7 Å². The summed E-state index contributed by atoms with van der Waals surface area (Å²) in [6.07, 6.45) is 2.37. The molecule has 1 amide bonds. The SMILES string of the molecule is CCC(CC)(CC(=O)NCc1ncn(C)n1)C(=O)O. The summed E-state index contributed by atoms with van der Waals surface area (Å²) in [4.78, 5) is 27.1. The van der Waals surface area contributed by atoms with Gasteiger partial charge in [0.25, 0.3) is 0 Å². The standard InChI is InChI=1S/C12H20N4O3/c1-4-12(5-2,11(18)19)6-10(17)13-7-9-14-8-16(3)15-9/h8H,4-7H2,1-3H3,(H,13,17)(H,18,19). The lowest BCUT2D eigenvalue weighted by atomic mass is 9.79. The summed E-state index contributed by atoms with van der Waals surface area (Å²) in [6.45, 7) is 3.78. The maximum absolute atomic E-state index is 11.8. The van der Waals surface area contributed by atoms with E-state index in [4.69, 9.17) is 0 Å². The molecule has 7 heteroatoms. The lowest BCUT2D eigenvalue weighted by Gasteiger charge is -2.25. The molecule has 0 aliphatic heterocycles. The zero-order valence-corrected chi connectivity index (χ0v) is 11.5. The predicted octanol–water partition coefficient (Wildman–Crippen LogP) is 0.712. The van der Waals surface area contributed by atoms with Gasteiger partial charge in [-0.25, -0.2) is 4.98 Å². The van der Waals surface area contributed by atoms with Crippen molar-refractivity contribution in [1.29, 1.82) is 0 Å². The van der Waals surface area contributed by atoms with E-state index in [0.29, 0.717) is 18.7 Å². The molecule has 0 radical (unpaired) electrons. The fourth-order valence-electron chi connectivity index (χ4n) is 1.89. The number of carboxylic acid groups (broad SMARTS) is 1. The molecule has 1 aromatic heterocycles. The predicted molar refractivity (Wildman–Crippen MR) is 68.1 cm³/mol. The van der Waals surface area contributed by atoms with E-state index in [0.717, 1.165) is 0 Å². The molecule has 0 saturated heterocycles. The Morgan fingerprint density at radius 2 is 2.05 bits per heavy atom. The first-order valence-electron chi connectivity index (χ1n) is 6.28. The Balaban J connectivity index is 2.56. The Hall–Kier alpha value is -1.92. The summed E-state index contributed by atoms with van der Waals surface area (Å²) < 4.78 is 1.54. The number of nitrogens with zero attached hydrogens (tertiary/aromatic N) is 3. The monoisotopic (exact) mass is 268 g/mol. The third-order valence-corrected chi connectivity index (χ3v) is 3.40. The largest absolute Gasteiger partial charge is 0.481 e. The van der Waals surface area contributed by atoms with E-state index in [1.54, 1.807) is 31.9 Å². The van der Waals surface area contributed by atoms with Crippen molar-refractivity contribution in [1.82, 2.24) is 20.1 Å². The number of hydrogen-bond donors (Lipinski definition) is 2. The highest BCUT2D eigenvalue weighted by Crippen LogP contribution is 2.30. The van der Waals surface area contributed by atoms with E-state index < -0.39 is 11.4 Å². The first-order valence-corrected chi connectivity index (χ1v) is 6.28. The summed E-state index contributed by atoms with van der Waals surface area (Å²) in [5.41, 5.74) is -0.984. The fraction of sp³-hybridized carbons (Fsp3) is 0.667. The number of carboxylic acids is 1. The second kappa shape index (κ2) is 6.31. The van der Waals surface area contributed by atoms with Crippen molar-refractivity contribution in [2.24, 2.45) is 12.5 Å². The topological polar surface area (TPSA) is 97.1 Å². The van der Waals surface area contributed by atoms with Crippen LogP contribution in [-0.4, -0.2) is 31.7 Å². The van der Waals surface area contributed by atoms with E-state index in [-0.39, 0.29) is 18.9 Å². The van der Waals surface area contributed by atoms with Crippen LogP contribution in [0.3, 0.4) is 0 Å². The normalized spacial score (nSPS) is 11.3. The summed E-state index contributed by atoms with van der Waals surface area (Å²) in [6, 6.07) is 0. The van der Waals surface area contributed by atoms with Gasteiger partial charge < -0.3 is 10.4 Å². The molecule has 1 aromatic rings. The Labute approximate surface area is 112 Å². The van der Waals surface area contributed by atoms with E-state index >= 15 is 0 Å². The van der Waals surface area contributed by atoms with Crippen LogP contribution in [0.2, 0.25) is 0 Å². The third kappa shape index (κ3) is 3.77. The number of aryl methyl sites for hydroxylation is 1. The minimum absolute atomic E-state index is 0.0256. The van der Waals surface area contributed by atoms with Gasteiger partial charge in [0.15, 0.2) is 5.82 Å². The Morgan fingerprint density at radius 1 is 1.42 bits per heavy atom. The third-order valence-electron chi connectivity index (χ3n) is 3.40. The van der Waals surface area contributed by atoms with E-state index in [1.807, 2.05) is 0 Å². The molecule has 1 heterocycles. The maximum Gasteiger partial charge on any atom is 0.310 e. The Bertz CT molecular complexity index is 452. The lowest BCUT2D eigenvalue weighted by Crippen LogP contribution is -2.36. The van der Waals surface area contributed by atoms with Crippen molar-refractivity contribution in [3.63, 3.8) is 0 Å². The zero-order valence-electron chi connectivity index (χ0n) is 11.5. The molecule has 0 aromatic carbocycles. The van der Waals surface area contributed by atoms with Gasteiger partial charge in [0.1, 0.15) is 6.33 Å². The van der Waals surface area contributed by atoms with Crippen LogP contribution in [0, 0.1) is 5.41 Å². The Morgan fingerprint density at radius 3 is 2.47 bits per heavy atom. The molecule has 0 aliphatic rings. The molecule has 7 nitrogen and oxygen atoms in total. The first kappa shape index (κ1) is 15.1. The fourth-order valence-corrected chi connectivity index (χ4v) is 1.89. The van der Waals surface area contributed by atoms with E-state index in [1.165, 1.54) is 0 Å². The van der Waals surface area contributed by atoms with Crippen LogP contribution in [0.5, 0.6) is 0 Å². The molecule has 19 heavy (non-hydrogen) atoms. The molecule has 0 aliphatic carbocycles. The second-order valence-corrected chi connectivity index (χ2v) is 4.58. The number of hydrogen-bond acceptors (Lipinski definition) is 4. The summed E-state index contributed by atoms with van der Waals surface area (Å²) in [5.74, 6) is -0.716. The molecule has 0 unspecified atom stereocenters. The van der Waals surface area contributed by atoms with Gasteiger partial charge in [-0.05, 0) is 12.8 Å². The number of amides is 1. The van der Waals surface area contributed by atoms with E-state index in [2.05, 4.69) is 15.4 Å². The molecular formula is C12H20N4O3. The highest BCUT2D eigenvalue weighted by atomic mass is 16.4. The van der Waals surface area contributed by atoms with Gasteiger partial charge in [-0.1, -0.05) is 13.8 Å². The number of aromatic nitrogens is 3. The summed E-state index contributed by atoms with van der Waals surface area (Å²) in [5, 5.41) is 15.9. The molecule has 0 atom stereocenters. The highest BCUT2D eigenvalue weighted by Gasteiger charge is 2.37. The molecular weight excluding hydrogens is 248 g/mol. The van der Waals surface area contributed by atoms with Crippen molar-refractivity contribution in [3.8, 4) is 0 Å². The van der Waals surface area contributed by atoms with Crippen LogP contribution in [0.1, 0.15) is 38.9 Å². The van der Waals surface area contributed by atoms with Gasteiger partial charge in [0.05, 0.1) is 12.0 Å². The second-order valence-electron chi connectivity index (χ2n) is 4.58. The number of aliphatic carboxylic acids is 1. The molecule has 0 bridgehead atoms. The van der Waals surface area contributed by atoms with Crippen molar-refractivity contribution in [3.05, 3.63) is 12.2 Å². The van der Waals surface area contributed by atoms with Crippen LogP contribution < -0.4 is 5.32 Å². The first-order chi connectivity index (χ1) is 8.93. The van der Waals surface area contributed by atoms with Gasteiger partial charge in [-0.2, -0.15) is 5.10 Å². The van der Waals surface area contributed by atoms with Gasteiger partial charge in [0.2, 0.25) is 5.91 Å². The van der Waals surface area contributed by atoms with Crippen LogP contribution in [0.25, 0.3) is 0 Å². The summed E-state index contributed by atoms with van der Waals surface area (Å²) in [7, 11) is 1.74. The quantitative estimate of drug-likeness (QED) is 0.759. The molecule has 0 fully saturated rings. The lowest BCUT2D eigenvalue weighted by molar-refractivity contribution is -0.152. The van der Waals surface area contributed by atoms with Crippen LogP contribution in [-0.2, 0) is 23.2 Å². The van der Waals surface area contributed by atoms with Crippen molar-refractivity contribution < 1.29 is 14.7 Å². The molecule has 0 spiro atoms. The number of nitrogens with one attached hydrogen (secondary N) is 1. The van der Waals surface area contributed by atoms with Gasteiger partial charge in [0, 0.05) is 13.5 Å². The number of rotatable bonds is 7. The number of carbonyl (C=O) groups excluding carboxylic acids is 1. The van der Waals surface area contributed by atoms with Gasteiger partial charge >= 0.3 is 5.97 Å². The van der Waals surface area contributed by atoms with Crippen LogP contribution in [0.4, 0.5) is 0 Å². The minimum atomic E-state index is -0.984. The van der Waals surface area contributed by atoms with Gasteiger partial charge in [-0.15, -0.1) is 0 Å². The average Bonchev–Trinajstić information content (AvgIpc) is 2.79. The molecule has 2 N–H and O–H groups in total. The summed E-state index contributed by atoms with van der Waals surface area (Å²) >= 11 is 0. The van der Waals surface area contributed by atoms with Crippen LogP contribution in [0.15, 0.2) is 6.33 Å².